The average Bonchev–Trinajstić information content (AvgIpc) is 2.38. The van der Waals surface area contributed by atoms with Crippen LogP contribution in [0.1, 0.15) is 30.1 Å². The first-order valence-electron chi connectivity index (χ1n) is 5.86. The highest BCUT2D eigenvalue weighted by Gasteiger charge is 2.15. The van der Waals surface area contributed by atoms with Gasteiger partial charge in [0.2, 0.25) is 0 Å². The van der Waals surface area contributed by atoms with E-state index in [4.69, 9.17) is 16.3 Å². The Morgan fingerprint density at radius 2 is 2.28 bits per heavy atom. The number of carbonyl (C=O) groups excluding carboxylic acids is 1. The van der Waals surface area contributed by atoms with Crippen molar-refractivity contribution < 1.29 is 14.6 Å². The van der Waals surface area contributed by atoms with Gasteiger partial charge in [-0.25, -0.2) is 0 Å². The smallest absolute Gasteiger partial charge is 0.255 e. The molecule has 0 spiro atoms. The second-order valence-corrected chi connectivity index (χ2v) is 4.32. The number of ether oxygens (including phenoxy) is 1. The van der Waals surface area contributed by atoms with Crippen LogP contribution in [0.5, 0.6) is 11.5 Å². The quantitative estimate of drug-likeness (QED) is 0.782. The first kappa shape index (κ1) is 14.6. The lowest BCUT2D eigenvalue weighted by Gasteiger charge is -2.16. The van der Waals surface area contributed by atoms with E-state index in [2.05, 4.69) is 5.32 Å². The molecule has 5 heteroatoms. The van der Waals surface area contributed by atoms with Crippen molar-refractivity contribution in [1.29, 1.82) is 0 Å². The van der Waals surface area contributed by atoms with Crippen molar-refractivity contribution in [2.24, 2.45) is 0 Å². The van der Waals surface area contributed by atoms with Gasteiger partial charge in [0.25, 0.3) is 5.91 Å². The highest BCUT2D eigenvalue weighted by atomic mass is 35.5. The summed E-state index contributed by atoms with van der Waals surface area (Å²) in [6, 6.07) is 4.57. The number of hydrogen-bond donors (Lipinski definition) is 2. The van der Waals surface area contributed by atoms with E-state index in [-0.39, 0.29) is 23.3 Å². The van der Waals surface area contributed by atoms with Crippen LogP contribution in [0.4, 0.5) is 0 Å². The number of phenolic OH excluding ortho intramolecular Hbond substituents is 1. The van der Waals surface area contributed by atoms with Crippen LogP contribution in [-0.4, -0.2) is 30.0 Å². The maximum Gasteiger partial charge on any atom is 0.255 e. The van der Waals surface area contributed by atoms with E-state index in [1.807, 2.05) is 6.92 Å². The maximum atomic E-state index is 12.0. The van der Waals surface area contributed by atoms with Gasteiger partial charge in [0.05, 0.1) is 12.7 Å². The normalized spacial score (nSPS) is 11.9. The lowest BCUT2D eigenvalue weighted by atomic mass is 10.1. The Kier molecular flexibility index (Phi) is 5.78. The van der Waals surface area contributed by atoms with Crippen molar-refractivity contribution in [2.75, 3.05) is 13.0 Å². The van der Waals surface area contributed by atoms with Crippen LogP contribution in [0.3, 0.4) is 0 Å². The number of phenols is 1. The van der Waals surface area contributed by atoms with Crippen molar-refractivity contribution in [3.63, 3.8) is 0 Å². The Morgan fingerprint density at radius 1 is 1.56 bits per heavy atom. The van der Waals surface area contributed by atoms with Crippen molar-refractivity contribution in [1.82, 2.24) is 5.32 Å². The zero-order chi connectivity index (χ0) is 13.5. The topological polar surface area (TPSA) is 58.6 Å². The zero-order valence-electron chi connectivity index (χ0n) is 10.6. The van der Waals surface area contributed by atoms with Gasteiger partial charge in [-0.05, 0) is 31.0 Å². The first-order valence-corrected chi connectivity index (χ1v) is 6.39. The van der Waals surface area contributed by atoms with Crippen molar-refractivity contribution in [3.8, 4) is 11.5 Å². The minimum atomic E-state index is -0.316. The molecule has 1 amide bonds. The number of alkyl halides is 1. The standard InChI is InChI=1S/C13H18ClNO3/c1-3-9(6-7-14)15-13(17)11-8-10(18-2)4-5-12(11)16/h4-5,8-9,16H,3,6-7H2,1-2H3,(H,15,17). The molecule has 0 bridgehead atoms. The third-order valence-electron chi connectivity index (χ3n) is 2.73. The second kappa shape index (κ2) is 7.11. The minimum absolute atomic E-state index is 0.0144. The highest BCUT2D eigenvalue weighted by molar-refractivity contribution is 6.17. The predicted octanol–water partition coefficient (Wildman–Crippen LogP) is 2.54. The van der Waals surface area contributed by atoms with Crippen molar-refractivity contribution in [2.45, 2.75) is 25.8 Å². The zero-order valence-corrected chi connectivity index (χ0v) is 11.3. The molecule has 0 saturated carbocycles. The first-order chi connectivity index (χ1) is 8.62. The number of amides is 1. The fourth-order valence-corrected chi connectivity index (χ4v) is 1.86. The van der Waals surface area contributed by atoms with E-state index >= 15 is 0 Å². The summed E-state index contributed by atoms with van der Waals surface area (Å²) in [5.74, 6) is 0.642. The van der Waals surface area contributed by atoms with Crippen LogP contribution < -0.4 is 10.1 Å². The number of methoxy groups -OCH3 is 1. The molecule has 0 radical (unpaired) electrons. The predicted molar refractivity (Wildman–Crippen MR) is 71.5 cm³/mol. The van der Waals surface area contributed by atoms with E-state index in [1.165, 1.54) is 19.2 Å². The molecular weight excluding hydrogens is 254 g/mol. The van der Waals surface area contributed by atoms with Crippen LogP contribution >= 0.6 is 11.6 Å². The van der Waals surface area contributed by atoms with Crippen molar-refractivity contribution >= 4 is 17.5 Å². The molecule has 1 aromatic carbocycles. The van der Waals surface area contributed by atoms with Gasteiger partial charge in [-0.3, -0.25) is 4.79 Å². The Labute approximate surface area is 112 Å². The van der Waals surface area contributed by atoms with Crippen molar-refractivity contribution in [3.05, 3.63) is 23.8 Å². The average molecular weight is 272 g/mol. The minimum Gasteiger partial charge on any atom is -0.507 e. The van der Waals surface area contributed by atoms with Gasteiger partial charge in [0.1, 0.15) is 11.5 Å². The van der Waals surface area contributed by atoms with E-state index in [1.54, 1.807) is 6.07 Å². The van der Waals surface area contributed by atoms with E-state index < -0.39 is 0 Å². The Balaban J connectivity index is 2.82. The largest absolute Gasteiger partial charge is 0.507 e. The molecule has 0 aliphatic carbocycles. The van der Waals surface area contributed by atoms with Crippen LogP contribution in [0.15, 0.2) is 18.2 Å². The van der Waals surface area contributed by atoms with Crippen LogP contribution in [-0.2, 0) is 0 Å². The summed E-state index contributed by atoms with van der Waals surface area (Å²) in [5, 5.41) is 12.5. The Morgan fingerprint density at radius 3 is 2.83 bits per heavy atom. The number of hydrogen-bond acceptors (Lipinski definition) is 3. The molecule has 1 atom stereocenters. The molecule has 0 saturated heterocycles. The second-order valence-electron chi connectivity index (χ2n) is 3.94. The molecule has 4 nitrogen and oxygen atoms in total. The van der Waals surface area contributed by atoms with Gasteiger partial charge in [-0.15, -0.1) is 11.6 Å². The van der Waals surface area contributed by atoms with Gasteiger partial charge < -0.3 is 15.2 Å². The van der Waals surface area contributed by atoms with Crippen LogP contribution in [0, 0.1) is 0 Å². The third-order valence-corrected chi connectivity index (χ3v) is 2.95. The fraction of sp³-hybridized carbons (Fsp3) is 0.462. The highest BCUT2D eigenvalue weighted by Crippen LogP contribution is 2.22. The number of benzene rings is 1. The van der Waals surface area contributed by atoms with Gasteiger partial charge in [-0.1, -0.05) is 6.92 Å². The Hall–Kier alpha value is -1.42. The van der Waals surface area contributed by atoms with E-state index in [0.717, 1.165) is 6.42 Å². The van der Waals surface area contributed by atoms with Crippen LogP contribution in [0.25, 0.3) is 0 Å². The number of aromatic hydroxyl groups is 1. The summed E-state index contributed by atoms with van der Waals surface area (Å²) in [6.45, 7) is 1.98. The van der Waals surface area contributed by atoms with Gasteiger partial charge in [-0.2, -0.15) is 0 Å². The van der Waals surface area contributed by atoms with Gasteiger partial charge >= 0.3 is 0 Å². The number of halogens is 1. The maximum absolute atomic E-state index is 12.0. The summed E-state index contributed by atoms with van der Waals surface area (Å²) in [7, 11) is 1.51. The third kappa shape index (κ3) is 3.81. The number of rotatable bonds is 6. The molecule has 1 aromatic rings. The summed E-state index contributed by atoms with van der Waals surface area (Å²) in [4.78, 5) is 12.0. The fourth-order valence-electron chi connectivity index (χ4n) is 1.60. The Bertz CT molecular complexity index is 409. The molecule has 1 unspecified atom stereocenters. The molecule has 100 valence electrons. The summed E-state index contributed by atoms with van der Waals surface area (Å²) in [6.07, 6.45) is 1.50. The van der Waals surface area contributed by atoms with Crippen LogP contribution in [0.2, 0.25) is 0 Å². The lowest BCUT2D eigenvalue weighted by Crippen LogP contribution is -2.34. The van der Waals surface area contributed by atoms with E-state index in [0.29, 0.717) is 18.1 Å². The summed E-state index contributed by atoms with van der Waals surface area (Å²) < 4.78 is 5.03. The molecular formula is C13H18ClNO3. The van der Waals surface area contributed by atoms with Gasteiger partial charge in [0.15, 0.2) is 0 Å². The molecule has 0 fully saturated rings. The monoisotopic (exact) mass is 271 g/mol. The molecule has 0 aliphatic rings. The number of nitrogens with one attached hydrogen (secondary N) is 1. The summed E-state index contributed by atoms with van der Waals surface area (Å²) in [5.41, 5.74) is 0.211. The van der Waals surface area contributed by atoms with E-state index in [9.17, 15) is 9.90 Å². The molecule has 0 aromatic heterocycles. The summed E-state index contributed by atoms with van der Waals surface area (Å²) >= 11 is 5.66. The molecule has 0 aliphatic heterocycles. The molecule has 18 heavy (non-hydrogen) atoms. The van der Waals surface area contributed by atoms with Gasteiger partial charge in [0, 0.05) is 11.9 Å². The molecule has 0 heterocycles. The SMILES string of the molecule is CCC(CCCl)NC(=O)c1cc(OC)ccc1O. The molecule has 2 N–H and O–H groups in total. The number of carbonyl (C=O) groups is 1. The lowest BCUT2D eigenvalue weighted by molar-refractivity contribution is 0.0932. The molecule has 1 rings (SSSR count).